The van der Waals surface area contributed by atoms with E-state index in [4.69, 9.17) is 14.2 Å². The van der Waals surface area contributed by atoms with Crippen molar-refractivity contribution in [1.82, 2.24) is 5.32 Å². The second kappa shape index (κ2) is 12.6. The predicted octanol–water partition coefficient (Wildman–Crippen LogP) is 6.72. The number of nitrogens with one attached hydrogen (secondary N) is 1. The smallest absolute Gasteiger partial charge is 0.220 e. The lowest BCUT2D eigenvalue weighted by Gasteiger charge is -2.38. The summed E-state index contributed by atoms with van der Waals surface area (Å²) in [5, 5.41) is 14.0. The average molecular weight is 583 g/mol. The summed E-state index contributed by atoms with van der Waals surface area (Å²) in [4.78, 5) is 13.5. The summed E-state index contributed by atoms with van der Waals surface area (Å²) in [6, 6.07) is 19.1. The van der Waals surface area contributed by atoms with Crippen molar-refractivity contribution in [3.8, 4) is 23.0 Å². The van der Waals surface area contributed by atoms with Crippen molar-refractivity contribution in [2.75, 3.05) is 27.9 Å². The van der Waals surface area contributed by atoms with Gasteiger partial charge < -0.3 is 24.6 Å². The highest BCUT2D eigenvalue weighted by molar-refractivity contribution is 9.10. The number of phenolic OH excluding ortho intramolecular Hbond substituents is 1. The molecule has 1 saturated carbocycles. The minimum absolute atomic E-state index is 0.0596. The molecule has 0 bridgehead atoms. The summed E-state index contributed by atoms with van der Waals surface area (Å²) < 4.78 is 17.2. The maximum atomic E-state index is 13.5. The maximum absolute atomic E-state index is 13.5. The maximum Gasteiger partial charge on any atom is 0.220 e. The first-order valence-corrected chi connectivity index (χ1v) is 13.8. The van der Waals surface area contributed by atoms with Gasteiger partial charge in [-0.1, -0.05) is 53.4 Å². The van der Waals surface area contributed by atoms with Crippen molar-refractivity contribution in [2.24, 2.45) is 0 Å². The topological polar surface area (TPSA) is 77.0 Å². The van der Waals surface area contributed by atoms with E-state index in [-0.39, 0.29) is 29.4 Å². The second-order valence-corrected chi connectivity index (χ2v) is 10.8. The molecular weight excluding hydrogens is 546 g/mol. The van der Waals surface area contributed by atoms with Gasteiger partial charge in [0.2, 0.25) is 5.91 Å². The number of hydrogen-bond donors (Lipinski definition) is 2. The molecule has 2 N–H and O–H groups in total. The molecule has 3 aromatic rings. The fourth-order valence-electron chi connectivity index (χ4n) is 5.54. The number of carbonyl (C=O) groups is 1. The van der Waals surface area contributed by atoms with Crippen molar-refractivity contribution in [2.45, 2.75) is 49.9 Å². The van der Waals surface area contributed by atoms with Gasteiger partial charge in [0.25, 0.3) is 0 Å². The number of amides is 1. The van der Waals surface area contributed by atoms with Crippen molar-refractivity contribution in [1.29, 1.82) is 0 Å². The van der Waals surface area contributed by atoms with Crippen LogP contribution in [0, 0.1) is 0 Å². The first-order chi connectivity index (χ1) is 18.4. The molecule has 0 unspecified atom stereocenters. The number of ether oxygens (including phenoxy) is 3. The van der Waals surface area contributed by atoms with Crippen LogP contribution < -0.4 is 19.5 Å². The number of aromatic hydroxyl groups is 1. The molecule has 0 aliphatic heterocycles. The fourth-order valence-corrected chi connectivity index (χ4v) is 5.91. The highest BCUT2D eigenvalue weighted by Crippen LogP contribution is 2.42. The monoisotopic (exact) mass is 581 g/mol. The number of methoxy groups -OCH3 is 3. The Morgan fingerprint density at radius 2 is 1.63 bits per heavy atom. The third-order valence-electron chi connectivity index (χ3n) is 7.70. The Hall–Kier alpha value is -3.19. The predicted molar refractivity (Wildman–Crippen MR) is 153 cm³/mol. The largest absolute Gasteiger partial charge is 0.508 e. The standard InChI is InChI=1S/C31H36BrNO5/c1-36-24-11-7-21(8-12-24)25(26-18-23(32)10-13-27(26)34)19-30(35)33-20-31(15-5-4-6-16-31)22-9-14-28(37-2)29(17-22)38-3/h7-14,17-18,25,34H,4-6,15-16,19-20H2,1-3H3,(H,33,35)/t25-/m0/s1. The lowest BCUT2D eigenvalue weighted by Crippen LogP contribution is -2.42. The van der Waals surface area contributed by atoms with E-state index < -0.39 is 0 Å². The van der Waals surface area contributed by atoms with Gasteiger partial charge >= 0.3 is 0 Å². The van der Waals surface area contributed by atoms with E-state index in [2.05, 4.69) is 33.4 Å². The van der Waals surface area contributed by atoms with Crippen LogP contribution in [0.25, 0.3) is 0 Å². The number of phenols is 1. The summed E-state index contributed by atoms with van der Waals surface area (Å²) >= 11 is 3.51. The summed E-state index contributed by atoms with van der Waals surface area (Å²) in [5.74, 6) is 1.92. The van der Waals surface area contributed by atoms with Gasteiger partial charge in [-0.15, -0.1) is 0 Å². The van der Waals surface area contributed by atoms with Crippen LogP contribution in [0.1, 0.15) is 61.1 Å². The molecule has 0 aromatic heterocycles. The van der Waals surface area contributed by atoms with Gasteiger partial charge in [0.1, 0.15) is 11.5 Å². The number of rotatable bonds is 10. The zero-order valence-electron chi connectivity index (χ0n) is 22.3. The second-order valence-electron chi connectivity index (χ2n) is 9.92. The first kappa shape index (κ1) is 27.8. The Kier molecular flexibility index (Phi) is 9.21. The van der Waals surface area contributed by atoms with E-state index in [0.717, 1.165) is 47.0 Å². The average Bonchev–Trinajstić information content (AvgIpc) is 2.96. The third kappa shape index (κ3) is 6.26. The van der Waals surface area contributed by atoms with Gasteiger partial charge in [-0.05, 0) is 66.4 Å². The normalized spacial score (nSPS) is 15.4. The van der Waals surface area contributed by atoms with E-state index in [9.17, 15) is 9.90 Å². The van der Waals surface area contributed by atoms with Gasteiger partial charge in [0, 0.05) is 34.3 Å². The van der Waals surface area contributed by atoms with Gasteiger partial charge in [0.15, 0.2) is 11.5 Å². The van der Waals surface area contributed by atoms with Gasteiger partial charge in [-0.3, -0.25) is 4.79 Å². The molecule has 1 amide bonds. The molecule has 38 heavy (non-hydrogen) atoms. The molecule has 7 heteroatoms. The van der Waals surface area contributed by atoms with Gasteiger partial charge in [-0.2, -0.15) is 0 Å². The van der Waals surface area contributed by atoms with Crippen LogP contribution >= 0.6 is 15.9 Å². The van der Waals surface area contributed by atoms with Crippen LogP contribution in [0.15, 0.2) is 65.1 Å². The van der Waals surface area contributed by atoms with Crippen molar-refractivity contribution in [3.05, 3.63) is 81.8 Å². The van der Waals surface area contributed by atoms with Crippen LogP contribution in [-0.4, -0.2) is 38.9 Å². The molecule has 202 valence electrons. The molecule has 4 rings (SSSR count). The zero-order chi connectivity index (χ0) is 27.1. The quantitative estimate of drug-likeness (QED) is 0.278. The van der Waals surface area contributed by atoms with E-state index >= 15 is 0 Å². The lowest BCUT2D eigenvalue weighted by atomic mass is 9.69. The first-order valence-electron chi connectivity index (χ1n) is 13.0. The van der Waals surface area contributed by atoms with Crippen LogP contribution in [-0.2, 0) is 10.2 Å². The molecule has 1 atom stereocenters. The molecule has 1 aliphatic rings. The third-order valence-corrected chi connectivity index (χ3v) is 8.20. The fraction of sp³-hybridized carbons (Fsp3) is 0.387. The van der Waals surface area contributed by atoms with Crippen LogP contribution in [0.3, 0.4) is 0 Å². The van der Waals surface area contributed by atoms with Crippen molar-refractivity contribution >= 4 is 21.8 Å². The summed E-state index contributed by atoms with van der Waals surface area (Å²) in [6.45, 7) is 0.543. The molecule has 0 heterocycles. The van der Waals surface area contributed by atoms with Crippen molar-refractivity contribution < 1.29 is 24.1 Å². The Bertz CT molecular complexity index is 1240. The number of benzene rings is 3. The lowest BCUT2D eigenvalue weighted by molar-refractivity contribution is -0.121. The van der Waals surface area contributed by atoms with Crippen LogP contribution in [0.4, 0.5) is 0 Å². The van der Waals surface area contributed by atoms with Crippen LogP contribution in [0.5, 0.6) is 23.0 Å². The summed E-state index contributed by atoms with van der Waals surface area (Å²) in [7, 11) is 4.91. The molecular formula is C31H36BrNO5. The molecule has 3 aromatic carbocycles. The molecule has 0 spiro atoms. The van der Waals surface area contributed by atoms with Gasteiger partial charge in [0.05, 0.1) is 21.3 Å². The van der Waals surface area contributed by atoms with E-state index in [0.29, 0.717) is 23.6 Å². The number of hydrogen-bond acceptors (Lipinski definition) is 5. The minimum Gasteiger partial charge on any atom is -0.508 e. The van der Waals surface area contributed by atoms with Crippen LogP contribution in [0.2, 0.25) is 0 Å². The molecule has 1 fully saturated rings. The molecule has 0 saturated heterocycles. The highest BCUT2D eigenvalue weighted by atomic mass is 79.9. The Morgan fingerprint density at radius 3 is 2.29 bits per heavy atom. The van der Waals surface area contributed by atoms with Gasteiger partial charge in [-0.25, -0.2) is 0 Å². The van der Waals surface area contributed by atoms with E-state index in [1.165, 1.54) is 6.42 Å². The highest BCUT2D eigenvalue weighted by Gasteiger charge is 2.35. The SMILES string of the molecule is COc1ccc([C@H](CC(=O)NCC2(c3ccc(OC)c(OC)c3)CCCCC2)c2cc(Br)ccc2O)cc1. The minimum atomic E-state index is -0.318. The zero-order valence-corrected chi connectivity index (χ0v) is 23.8. The van der Waals surface area contributed by atoms with Crippen molar-refractivity contribution in [3.63, 3.8) is 0 Å². The Labute approximate surface area is 233 Å². The number of halogens is 1. The Morgan fingerprint density at radius 1 is 0.921 bits per heavy atom. The van der Waals surface area contributed by atoms with E-state index in [1.807, 2.05) is 36.4 Å². The molecule has 0 radical (unpaired) electrons. The molecule has 1 aliphatic carbocycles. The Balaban J connectivity index is 1.58. The van der Waals surface area contributed by atoms with E-state index in [1.54, 1.807) is 33.5 Å². The summed E-state index contributed by atoms with van der Waals surface area (Å²) in [5.41, 5.74) is 2.63. The number of carbonyl (C=O) groups excluding carboxylic acids is 1. The molecule has 6 nitrogen and oxygen atoms in total. The summed E-state index contributed by atoms with van der Waals surface area (Å²) in [6.07, 6.45) is 5.63.